The first-order chi connectivity index (χ1) is 12.8. The summed E-state index contributed by atoms with van der Waals surface area (Å²) in [5.41, 5.74) is 4.36. The first-order valence-corrected chi connectivity index (χ1v) is 8.74. The monoisotopic (exact) mass is 343 g/mol. The van der Waals surface area contributed by atoms with Gasteiger partial charge in [-0.3, -0.25) is 4.98 Å². The van der Waals surface area contributed by atoms with Gasteiger partial charge < -0.3 is 9.30 Å². The van der Waals surface area contributed by atoms with Gasteiger partial charge in [-0.15, -0.1) is 0 Å². The molecular formula is C22H21N3O. The van der Waals surface area contributed by atoms with Crippen LogP contribution in [0.25, 0.3) is 11.0 Å². The fraction of sp³-hybridized carbons (Fsp3) is 0.182. The topological polar surface area (TPSA) is 39.9 Å². The largest absolute Gasteiger partial charge is 0.369 e. The van der Waals surface area contributed by atoms with Crippen LogP contribution in [0, 0.1) is 0 Å². The number of fused-ring (bicyclic) bond motifs is 1. The second-order valence-electron chi connectivity index (χ2n) is 6.31. The van der Waals surface area contributed by atoms with Crippen molar-refractivity contribution in [3.63, 3.8) is 0 Å². The maximum Gasteiger partial charge on any atom is 0.144 e. The lowest BCUT2D eigenvalue weighted by Crippen LogP contribution is -2.16. The quantitative estimate of drug-likeness (QED) is 0.524. The normalized spacial score (nSPS) is 13.6. The van der Waals surface area contributed by atoms with E-state index >= 15 is 0 Å². The molecule has 4 heteroatoms. The van der Waals surface area contributed by atoms with Crippen LogP contribution in [0.5, 0.6) is 0 Å². The molecule has 0 aliphatic rings. The highest BCUT2D eigenvalue weighted by molar-refractivity contribution is 5.76. The van der Waals surface area contributed by atoms with Crippen molar-refractivity contribution in [2.45, 2.75) is 19.1 Å². The molecule has 0 fully saturated rings. The molecule has 0 aliphatic heterocycles. The summed E-state index contributed by atoms with van der Waals surface area (Å²) in [5.74, 6) is 0.899. The molecule has 0 aliphatic carbocycles. The van der Waals surface area contributed by atoms with E-state index in [1.807, 2.05) is 30.3 Å². The number of methoxy groups -OCH3 is 1. The second-order valence-corrected chi connectivity index (χ2v) is 6.31. The van der Waals surface area contributed by atoms with Crippen LogP contribution in [0.15, 0.2) is 79.1 Å². The van der Waals surface area contributed by atoms with E-state index in [1.165, 1.54) is 5.56 Å². The summed E-state index contributed by atoms with van der Waals surface area (Å²) in [7, 11) is 1.72. The molecule has 2 heterocycles. The van der Waals surface area contributed by atoms with E-state index in [0.717, 1.165) is 22.4 Å². The van der Waals surface area contributed by atoms with Crippen LogP contribution >= 0.6 is 0 Å². The number of ether oxygens (including phenoxy) is 1. The number of pyridine rings is 1. The van der Waals surface area contributed by atoms with Gasteiger partial charge in [0.2, 0.25) is 0 Å². The molecule has 4 rings (SSSR count). The molecule has 0 saturated carbocycles. The Kier molecular flexibility index (Phi) is 4.50. The van der Waals surface area contributed by atoms with Gasteiger partial charge in [0.15, 0.2) is 0 Å². The zero-order chi connectivity index (χ0) is 17.9. The predicted molar refractivity (Wildman–Crippen MR) is 103 cm³/mol. The zero-order valence-electron chi connectivity index (χ0n) is 14.9. The highest BCUT2D eigenvalue weighted by atomic mass is 16.5. The van der Waals surface area contributed by atoms with Crippen LogP contribution in [0.3, 0.4) is 0 Å². The zero-order valence-corrected chi connectivity index (χ0v) is 14.9. The smallest absolute Gasteiger partial charge is 0.144 e. The summed E-state index contributed by atoms with van der Waals surface area (Å²) in [6, 6.07) is 22.8. The van der Waals surface area contributed by atoms with Crippen molar-refractivity contribution in [1.82, 2.24) is 14.5 Å². The minimum atomic E-state index is -0.253. The van der Waals surface area contributed by atoms with Crippen molar-refractivity contribution in [2.75, 3.05) is 7.11 Å². The Morgan fingerprint density at radius 2 is 1.54 bits per heavy atom. The molecule has 0 amide bonds. The first kappa shape index (κ1) is 16.5. The number of nitrogens with zero attached hydrogens (tertiary/aromatic N) is 3. The van der Waals surface area contributed by atoms with E-state index in [2.05, 4.69) is 52.9 Å². The lowest BCUT2D eigenvalue weighted by Gasteiger charge is -2.22. The maximum absolute atomic E-state index is 5.87. The Hall–Kier alpha value is -2.98. The van der Waals surface area contributed by atoms with Crippen molar-refractivity contribution in [3.05, 3.63) is 96.1 Å². The minimum absolute atomic E-state index is 0.137. The Morgan fingerprint density at radius 1 is 0.846 bits per heavy atom. The molecule has 2 atom stereocenters. The third-order valence-corrected chi connectivity index (χ3v) is 4.77. The molecule has 0 saturated heterocycles. The summed E-state index contributed by atoms with van der Waals surface area (Å²) >= 11 is 0. The molecule has 130 valence electrons. The number of imidazole rings is 1. The summed E-state index contributed by atoms with van der Waals surface area (Å²) in [5, 5.41) is 0. The van der Waals surface area contributed by atoms with Gasteiger partial charge in [-0.05, 0) is 42.3 Å². The van der Waals surface area contributed by atoms with Gasteiger partial charge in [-0.2, -0.15) is 0 Å². The number of aromatic nitrogens is 3. The average molecular weight is 343 g/mol. The standard InChI is InChI=1S/C22H21N3O/c1-16(17-8-4-3-5-9-17)25-20-11-7-6-10-19(20)24-22(25)21(26-2)18-12-14-23-15-13-18/h3-16,21H,1-2H3/t16-,21?/m0/s1. The molecule has 2 aromatic carbocycles. The Morgan fingerprint density at radius 3 is 2.27 bits per heavy atom. The third-order valence-electron chi connectivity index (χ3n) is 4.77. The van der Waals surface area contributed by atoms with Gasteiger partial charge >= 0.3 is 0 Å². The molecule has 0 spiro atoms. The maximum atomic E-state index is 5.87. The number of rotatable bonds is 5. The number of hydrogen-bond donors (Lipinski definition) is 0. The number of benzene rings is 2. The van der Waals surface area contributed by atoms with Crippen LogP contribution in [0.4, 0.5) is 0 Å². The highest BCUT2D eigenvalue weighted by Gasteiger charge is 2.24. The van der Waals surface area contributed by atoms with Crippen molar-refractivity contribution < 1.29 is 4.74 Å². The van der Waals surface area contributed by atoms with E-state index in [-0.39, 0.29) is 12.1 Å². The molecule has 4 nitrogen and oxygen atoms in total. The molecule has 2 aromatic heterocycles. The van der Waals surface area contributed by atoms with Crippen molar-refractivity contribution >= 4 is 11.0 Å². The van der Waals surface area contributed by atoms with E-state index in [0.29, 0.717) is 0 Å². The minimum Gasteiger partial charge on any atom is -0.369 e. The third kappa shape index (κ3) is 2.89. The molecular weight excluding hydrogens is 322 g/mol. The first-order valence-electron chi connectivity index (χ1n) is 8.74. The fourth-order valence-corrected chi connectivity index (χ4v) is 3.46. The van der Waals surface area contributed by atoms with E-state index < -0.39 is 0 Å². The summed E-state index contributed by atoms with van der Waals surface area (Å²) in [6.07, 6.45) is 3.32. The Bertz CT molecular complexity index is 996. The van der Waals surface area contributed by atoms with Crippen LogP contribution in [-0.2, 0) is 4.74 Å². The molecule has 26 heavy (non-hydrogen) atoms. The van der Waals surface area contributed by atoms with Crippen molar-refractivity contribution in [1.29, 1.82) is 0 Å². The molecule has 0 radical (unpaired) electrons. The number of para-hydroxylation sites is 2. The average Bonchev–Trinajstić information content (AvgIpc) is 3.08. The van der Waals surface area contributed by atoms with Crippen LogP contribution < -0.4 is 0 Å². The number of hydrogen-bond acceptors (Lipinski definition) is 3. The fourth-order valence-electron chi connectivity index (χ4n) is 3.46. The lowest BCUT2D eigenvalue weighted by molar-refractivity contribution is 0.125. The summed E-state index contributed by atoms with van der Waals surface area (Å²) < 4.78 is 8.14. The lowest BCUT2D eigenvalue weighted by atomic mass is 10.1. The second kappa shape index (κ2) is 7.10. The van der Waals surface area contributed by atoms with E-state index in [1.54, 1.807) is 19.5 Å². The summed E-state index contributed by atoms with van der Waals surface area (Å²) in [6.45, 7) is 2.20. The van der Waals surface area contributed by atoms with Crippen LogP contribution in [0.1, 0.15) is 36.0 Å². The van der Waals surface area contributed by atoms with Crippen LogP contribution in [-0.4, -0.2) is 21.6 Å². The molecule has 0 N–H and O–H groups in total. The summed E-state index contributed by atoms with van der Waals surface area (Å²) in [4.78, 5) is 9.05. The van der Waals surface area contributed by atoms with Crippen LogP contribution in [0.2, 0.25) is 0 Å². The Labute approximate surface area is 153 Å². The van der Waals surface area contributed by atoms with E-state index in [9.17, 15) is 0 Å². The predicted octanol–water partition coefficient (Wildman–Crippen LogP) is 4.78. The van der Waals surface area contributed by atoms with Gasteiger partial charge in [-0.25, -0.2) is 4.98 Å². The van der Waals surface area contributed by atoms with Gasteiger partial charge in [0.05, 0.1) is 17.1 Å². The molecule has 4 aromatic rings. The van der Waals surface area contributed by atoms with Gasteiger partial charge in [0, 0.05) is 19.5 Å². The highest BCUT2D eigenvalue weighted by Crippen LogP contribution is 2.32. The van der Waals surface area contributed by atoms with Gasteiger partial charge in [0.1, 0.15) is 11.9 Å². The van der Waals surface area contributed by atoms with Gasteiger partial charge in [-0.1, -0.05) is 42.5 Å². The Balaban J connectivity index is 1.92. The van der Waals surface area contributed by atoms with Crippen molar-refractivity contribution in [3.8, 4) is 0 Å². The van der Waals surface area contributed by atoms with E-state index in [4.69, 9.17) is 9.72 Å². The molecule has 1 unspecified atom stereocenters. The van der Waals surface area contributed by atoms with Crippen molar-refractivity contribution in [2.24, 2.45) is 0 Å². The molecule has 0 bridgehead atoms. The SMILES string of the molecule is COC(c1ccncc1)c1nc2ccccc2n1[C@@H](C)c1ccccc1. The van der Waals surface area contributed by atoms with Gasteiger partial charge in [0.25, 0.3) is 0 Å².